The van der Waals surface area contributed by atoms with Crippen LogP contribution in [-0.2, 0) is 9.53 Å². The highest BCUT2D eigenvalue weighted by Crippen LogP contribution is 2.30. The van der Waals surface area contributed by atoms with E-state index in [1.165, 1.54) is 0 Å². The second-order valence-corrected chi connectivity index (χ2v) is 3.06. The minimum Gasteiger partial charge on any atom is -0.478 e. The Morgan fingerprint density at radius 2 is 2.14 bits per heavy atom. The van der Waals surface area contributed by atoms with Crippen LogP contribution in [0.1, 0.15) is 19.8 Å². The minimum atomic E-state index is -1.67. The van der Waals surface area contributed by atoms with E-state index in [0.29, 0.717) is 6.42 Å². The third-order valence-electron chi connectivity index (χ3n) is 2.28. The van der Waals surface area contributed by atoms with Crippen molar-refractivity contribution in [1.29, 1.82) is 0 Å². The van der Waals surface area contributed by atoms with E-state index < -0.39 is 17.8 Å². The van der Waals surface area contributed by atoms with E-state index in [1.54, 1.807) is 6.92 Å². The van der Waals surface area contributed by atoms with Crippen molar-refractivity contribution in [2.24, 2.45) is 0 Å². The van der Waals surface area contributed by atoms with Crippen LogP contribution in [0.5, 0.6) is 0 Å². The molecule has 80 valence electrons. The Bertz CT molecular complexity index is 254. The van der Waals surface area contributed by atoms with Crippen molar-refractivity contribution < 1.29 is 24.5 Å². The summed E-state index contributed by atoms with van der Waals surface area (Å²) >= 11 is 0. The largest absolute Gasteiger partial charge is 0.478 e. The number of hydrogen-bond donors (Lipinski definition) is 2. The molecule has 1 rings (SSSR count). The molecule has 1 atom stereocenters. The molecular weight excluding hydrogens is 190 g/mol. The highest BCUT2D eigenvalue weighted by Gasteiger charge is 2.51. The molecule has 0 aromatic carbocycles. The molecule has 6 nitrogen and oxygen atoms in total. The summed E-state index contributed by atoms with van der Waals surface area (Å²) in [6, 6.07) is 0. The fraction of sp³-hybridized carbons (Fsp3) is 0.750. The van der Waals surface area contributed by atoms with Gasteiger partial charge in [0, 0.05) is 19.6 Å². The van der Waals surface area contributed by atoms with Crippen molar-refractivity contribution in [1.82, 2.24) is 4.90 Å². The van der Waals surface area contributed by atoms with Crippen molar-refractivity contribution in [3.8, 4) is 0 Å². The van der Waals surface area contributed by atoms with Crippen molar-refractivity contribution in [2.45, 2.75) is 25.5 Å². The lowest BCUT2D eigenvalue weighted by molar-refractivity contribution is -0.184. The van der Waals surface area contributed by atoms with Crippen LogP contribution in [0, 0.1) is 0 Å². The summed E-state index contributed by atoms with van der Waals surface area (Å²) in [7, 11) is 0. The van der Waals surface area contributed by atoms with Gasteiger partial charge in [0.2, 0.25) is 5.72 Å². The Morgan fingerprint density at radius 1 is 1.50 bits per heavy atom. The zero-order valence-electron chi connectivity index (χ0n) is 7.89. The molecule has 1 unspecified atom stereocenters. The van der Waals surface area contributed by atoms with Gasteiger partial charge in [-0.25, -0.2) is 9.59 Å². The summed E-state index contributed by atoms with van der Waals surface area (Å²) in [4.78, 5) is 22.6. The summed E-state index contributed by atoms with van der Waals surface area (Å²) in [6.07, 6.45) is -0.528. The lowest BCUT2D eigenvalue weighted by atomic mass is 10.1. The van der Waals surface area contributed by atoms with Crippen LogP contribution >= 0.6 is 0 Å². The van der Waals surface area contributed by atoms with Crippen LogP contribution in [0.2, 0.25) is 0 Å². The van der Waals surface area contributed by atoms with Crippen molar-refractivity contribution in [3.05, 3.63) is 0 Å². The predicted molar refractivity (Wildman–Crippen MR) is 46.0 cm³/mol. The molecule has 0 spiro atoms. The van der Waals surface area contributed by atoms with E-state index in [0.717, 1.165) is 4.90 Å². The van der Waals surface area contributed by atoms with Gasteiger partial charge in [0.05, 0.1) is 0 Å². The van der Waals surface area contributed by atoms with Gasteiger partial charge in [-0.15, -0.1) is 0 Å². The van der Waals surface area contributed by atoms with Crippen molar-refractivity contribution >= 4 is 12.1 Å². The molecule has 0 radical (unpaired) electrons. The standard InChI is InChI=1S/C8H13NO5/c1-2-14-8(6(10)11)4-3-5-9(8)7(12)13/h2-5H2,1H3,(H,10,11)(H,12,13). The zero-order chi connectivity index (χ0) is 10.8. The fourth-order valence-corrected chi connectivity index (χ4v) is 1.72. The molecule has 0 aromatic heterocycles. The van der Waals surface area contributed by atoms with E-state index in [2.05, 4.69) is 0 Å². The van der Waals surface area contributed by atoms with Crippen molar-refractivity contribution in [2.75, 3.05) is 13.2 Å². The smallest absolute Gasteiger partial charge is 0.410 e. The third-order valence-corrected chi connectivity index (χ3v) is 2.28. The van der Waals surface area contributed by atoms with Gasteiger partial charge in [-0.2, -0.15) is 0 Å². The lowest BCUT2D eigenvalue weighted by Crippen LogP contribution is -2.54. The SMILES string of the molecule is CCOC1(C(=O)O)CCCN1C(=O)O. The molecule has 14 heavy (non-hydrogen) atoms. The molecule has 1 amide bonds. The van der Waals surface area contributed by atoms with E-state index >= 15 is 0 Å². The maximum atomic E-state index is 11.0. The first kappa shape index (κ1) is 10.8. The number of carboxylic acid groups (broad SMARTS) is 2. The van der Waals surface area contributed by atoms with Crippen LogP contribution in [0.4, 0.5) is 4.79 Å². The lowest BCUT2D eigenvalue weighted by Gasteiger charge is -2.31. The number of ether oxygens (including phenoxy) is 1. The average Bonchev–Trinajstić information content (AvgIpc) is 2.50. The van der Waals surface area contributed by atoms with E-state index in [-0.39, 0.29) is 19.6 Å². The molecule has 0 aromatic rings. The molecule has 1 heterocycles. The first-order chi connectivity index (χ1) is 6.54. The monoisotopic (exact) mass is 203 g/mol. The third kappa shape index (κ3) is 1.52. The molecule has 0 aliphatic carbocycles. The summed E-state index contributed by atoms with van der Waals surface area (Å²) in [5.41, 5.74) is -1.67. The molecule has 1 fully saturated rings. The quantitative estimate of drug-likeness (QED) is 0.700. The number of aliphatic carboxylic acids is 1. The van der Waals surface area contributed by atoms with Gasteiger partial charge in [-0.3, -0.25) is 4.90 Å². The maximum Gasteiger partial charge on any atom is 0.410 e. The minimum absolute atomic E-state index is 0.177. The average molecular weight is 203 g/mol. The fourth-order valence-electron chi connectivity index (χ4n) is 1.72. The van der Waals surface area contributed by atoms with Gasteiger partial charge in [-0.05, 0) is 13.3 Å². The Labute approximate surface area is 81.1 Å². The number of amides is 1. The second kappa shape index (κ2) is 3.83. The van der Waals surface area contributed by atoms with Gasteiger partial charge in [-0.1, -0.05) is 0 Å². The van der Waals surface area contributed by atoms with E-state index in [4.69, 9.17) is 14.9 Å². The molecule has 0 saturated carbocycles. The Hall–Kier alpha value is -1.30. The molecule has 1 aliphatic rings. The highest BCUT2D eigenvalue weighted by molar-refractivity contribution is 5.83. The van der Waals surface area contributed by atoms with E-state index in [1.807, 2.05) is 0 Å². The van der Waals surface area contributed by atoms with Crippen LogP contribution in [-0.4, -0.2) is 46.1 Å². The first-order valence-electron chi connectivity index (χ1n) is 4.42. The topological polar surface area (TPSA) is 87.1 Å². The van der Waals surface area contributed by atoms with Gasteiger partial charge in [0.15, 0.2) is 0 Å². The molecule has 0 bridgehead atoms. The number of carbonyl (C=O) groups is 2. The summed E-state index contributed by atoms with van der Waals surface area (Å²) in [6.45, 7) is 2.03. The van der Waals surface area contributed by atoms with Gasteiger partial charge < -0.3 is 14.9 Å². The normalized spacial score (nSPS) is 26.5. The summed E-state index contributed by atoms with van der Waals surface area (Å²) in [5.74, 6) is -1.24. The first-order valence-corrected chi connectivity index (χ1v) is 4.42. The number of hydrogen-bond acceptors (Lipinski definition) is 3. The van der Waals surface area contributed by atoms with Crippen LogP contribution in [0.3, 0.4) is 0 Å². The zero-order valence-corrected chi connectivity index (χ0v) is 7.89. The highest BCUT2D eigenvalue weighted by atomic mass is 16.6. The van der Waals surface area contributed by atoms with E-state index in [9.17, 15) is 9.59 Å². The molecular formula is C8H13NO5. The van der Waals surface area contributed by atoms with Gasteiger partial charge in [0.1, 0.15) is 0 Å². The van der Waals surface area contributed by atoms with Crippen LogP contribution in [0.15, 0.2) is 0 Å². The summed E-state index contributed by atoms with van der Waals surface area (Å²) < 4.78 is 5.07. The number of nitrogens with zero attached hydrogens (tertiary/aromatic N) is 1. The molecule has 1 aliphatic heterocycles. The van der Waals surface area contributed by atoms with Gasteiger partial charge in [0.25, 0.3) is 0 Å². The predicted octanol–water partition coefficient (Wildman–Crippen LogP) is 0.578. The van der Waals surface area contributed by atoms with Crippen LogP contribution < -0.4 is 0 Å². The Kier molecular flexibility index (Phi) is 2.95. The van der Waals surface area contributed by atoms with Crippen LogP contribution in [0.25, 0.3) is 0 Å². The number of likely N-dealkylation sites (tertiary alicyclic amines) is 1. The number of carboxylic acids is 1. The maximum absolute atomic E-state index is 11.0. The second-order valence-electron chi connectivity index (χ2n) is 3.06. The molecule has 1 saturated heterocycles. The molecule has 6 heteroatoms. The number of rotatable bonds is 3. The van der Waals surface area contributed by atoms with Gasteiger partial charge >= 0.3 is 12.1 Å². The molecule has 2 N–H and O–H groups in total. The Balaban J connectivity index is 2.95. The summed E-state index contributed by atoms with van der Waals surface area (Å²) in [5, 5.41) is 17.8. The van der Waals surface area contributed by atoms with Crippen molar-refractivity contribution in [3.63, 3.8) is 0 Å². The Morgan fingerprint density at radius 3 is 2.57 bits per heavy atom.